The third-order valence-corrected chi connectivity index (χ3v) is 14.6. The van der Waals surface area contributed by atoms with E-state index in [1.54, 1.807) is 11.1 Å². The van der Waals surface area contributed by atoms with E-state index in [9.17, 15) is 0 Å². The molecule has 0 saturated carbocycles. The van der Waals surface area contributed by atoms with E-state index in [1.807, 2.05) is 0 Å². The van der Waals surface area contributed by atoms with E-state index in [-0.39, 0.29) is 23.5 Å². The number of ether oxygens (including phenoxy) is 2. The largest absolute Gasteiger partial charge is 0.461 e. The molecule has 11 rings (SSSR count). The van der Waals surface area contributed by atoms with Crippen molar-refractivity contribution in [2.24, 2.45) is 29.1 Å². The Bertz CT molecular complexity index is 1980. The fourth-order valence-electron chi connectivity index (χ4n) is 12.4. The van der Waals surface area contributed by atoms with Crippen LogP contribution in [0.15, 0.2) is 143 Å². The predicted octanol–water partition coefficient (Wildman–Crippen LogP) is 11.8. The normalized spacial score (nSPS) is 38.4. The van der Waals surface area contributed by atoms with E-state index >= 15 is 0 Å². The lowest BCUT2D eigenvalue weighted by Gasteiger charge is -2.58. The van der Waals surface area contributed by atoms with Gasteiger partial charge in [0.05, 0.1) is 17.6 Å². The highest BCUT2D eigenvalue weighted by molar-refractivity contribution is 5.68. The minimum atomic E-state index is -0.163. The Balaban J connectivity index is 0.967. The quantitative estimate of drug-likeness (QED) is 0.295. The van der Waals surface area contributed by atoms with Crippen LogP contribution in [0, 0.1) is 29.1 Å². The van der Waals surface area contributed by atoms with Crippen LogP contribution >= 0.6 is 0 Å². The van der Waals surface area contributed by atoms with Crippen LogP contribution < -0.4 is 4.90 Å². The average molecular weight is 688 g/mol. The minimum Gasteiger partial charge on any atom is -0.461 e. The van der Waals surface area contributed by atoms with Crippen molar-refractivity contribution in [1.82, 2.24) is 0 Å². The fraction of sp³-hybridized carbons (Fsp3) is 0.469. The Kier molecular flexibility index (Phi) is 7.71. The first-order valence-corrected chi connectivity index (χ1v) is 20.9. The molecule has 52 heavy (non-hydrogen) atoms. The maximum atomic E-state index is 7.36. The summed E-state index contributed by atoms with van der Waals surface area (Å²) in [5.74, 6) is 4.59. The third kappa shape index (κ3) is 4.80. The second kappa shape index (κ2) is 12.7. The first-order valence-electron chi connectivity index (χ1n) is 20.9. The van der Waals surface area contributed by atoms with Gasteiger partial charge in [-0.25, -0.2) is 0 Å². The predicted molar refractivity (Wildman–Crippen MR) is 210 cm³/mol. The molecule has 0 bridgehead atoms. The summed E-state index contributed by atoms with van der Waals surface area (Å²) in [6.07, 6.45) is 49.1. The average Bonchev–Trinajstić information content (AvgIpc) is 3.54. The zero-order chi connectivity index (χ0) is 34.2. The second-order valence-corrected chi connectivity index (χ2v) is 17.2. The Morgan fingerprint density at radius 2 is 1.69 bits per heavy atom. The van der Waals surface area contributed by atoms with E-state index in [0.29, 0.717) is 29.7 Å². The first kappa shape index (κ1) is 31.7. The Morgan fingerprint density at radius 1 is 0.788 bits per heavy atom. The molecule has 9 unspecified atom stereocenters. The van der Waals surface area contributed by atoms with Gasteiger partial charge in [0.15, 0.2) is 0 Å². The zero-order valence-electron chi connectivity index (χ0n) is 30.6. The van der Waals surface area contributed by atoms with Crippen molar-refractivity contribution in [1.29, 1.82) is 0 Å². The van der Waals surface area contributed by atoms with E-state index in [1.165, 1.54) is 72.4 Å². The topological polar surface area (TPSA) is 21.7 Å². The van der Waals surface area contributed by atoms with Crippen molar-refractivity contribution >= 4 is 5.69 Å². The van der Waals surface area contributed by atoms with Gasteiger partial charge in [0, 0.05) is 47.2 Å². The van der Waals surface area contributed by atoms with Gasteiger partial charge >= 0.3 is 0 Å². The van der Waals surface area contributed by atoms with Crippen LogP contribution in [-0.2, 0) is 9.47 Å². The van der Waals surface area contributed by atoms with Crippen LogP contribution in [0.3, 0.4) is 0 Å². The number of allylic oxidation sites excluding steroid dienone is 16. The van der Waals surface area contributed by atoms with Crippen molar-refractivity contribution in [3.63, 3.8) is 0 Å². The Labute approximate surface area is 310 Å². The van der Waals surface area contributed by atoms with Gasteiger partial charge in [-0.2, -0.15) is 0 Å². The lowest BCUT2D eigenvalue weighted by molar-refractivity contribution is -0.0943. The molecule has 3 heteroatoms. The molecule has 0 radical (unpaired) electrons. The summed E-state index contributed by atoms with van der Waals surface area (Å²) in [4.78, 5) is 2.73. The summed E-state index contributed by atoms with van der Waals surface area (Å²) < 4.78 is 14.4. The highest BCUT2D eigenvalue weighted by Gasteiger charge is 2.60. The molecule has 9 atom stereocenters. The molecular weight excluding hydrogens is 635 g/mol. The lowest BCUT2D eigenvalue weighted by atomic mass is 9.51. The molecule has 266 valence electrons. The summed E-state index contributed by atoms with van der Waals surface area (Å²) in [5, 5.41) is 0. The maximum absolute atomic E-state index is 7.36. The fourth-order valence-corrected chi connectivity index (χ4v) is 12.4. The smallest absolute Gasteiger partial charge is 0.127 e. The van der Waals surface area contributed by atoms with Gasteiger partial charge in [0.25, 0.3) is 0 Å². The van der Waals surface area contributed by atoms with Gasteiger partial charge in [0.1, 0.15) is 11.5 Å². The van der Waals surface area contributed by atoms with Gasteiger partial charge < -0.3 is 14.4 Å². The molecule has 0 amide bonds. The van der Waals surface area contributed by atoms with Crippen molar-refractivity contribution in [3.8, 4) is 0 Å². The molecule has 3 heterocycles. The molecule has 1 aromatic rings. The molecule has 0 aromatic heterocycles. The third-order valence-electron chi connectivity index (χ3n) is 14.6. The molecule has 10 aliphatic rings. The molecule has 1 fully saturated rings. The maximum Gasteiger partial charge on any atom is 0.127 e. The number of rotatable bonds is 3. The molecule has 0 N–H and O–H groups in total. The van der Waals surface area contributed by atoms with Gasteiger partial charge in [-0.15, -0.1) is 0 Å². The number of para-hydroxylation sites is 1. The van der Waals surface area contributed by atoms with E-state index in [4.69, 9.17) is 9.47 Å². The summed E-state index contributed by atoms with van der Waals surface area (Å²) in [6.45, 7) is 0. The highest BCUT2D eigenvalue weighted by atomic mass is 16.5. The van der Waals surface area contributed by atoms with Crippen LogP contribution in [0.5, 0.6) is 0 Å². The van der Waals surface area contributed by atoms with E-state index in [0.717, 1.165) is 57.1 Å². The first-order chi connectivity index (χ1) is 25.8. The van der Waals surface area contributed by atoms with Crippen LogP contribution in [0.2, 0.25) is 0 Å². The van der Waals surface area contributed by atoms with E-state index < -0.39 is 0 Å². The number of hydrogen-bond acceptors (Lipinski definition) is 3. The number of anilines is 1. The zero-order valence-corrected chi connectivity index (χ0v) is 30.6. The van der Waals surface area contributed by atoms with Crippen LogP contribution in [0.4, 0.5) is 5.69 Å². The summed E-state index contributed by atoms with van der Waals surface area (Å²) in [5.41, 5.74) is 10.4. The molecular formula is C49H53NO2. The monoisotopic (exact) mass is 687 g/mol. The summed E-state index contributed by atoms with van der Waals surface area (Å²) >= 11 is 0. The van der Waals surface area contributed by atoms with Crippen molar-refractivity contribution < 1.29 is 9.47 Å². The summed E-state index contributed by atoms with van der Waals surface area (Å²) in [7, 11) is 0. The molecule has 3 aliphatic heterocycles. The van der Waals surface area contributed by atoms with Crippen LogP contribution in [0.1, 0.15) is 101 Å². The van der Waals surface area contributed by atoms with Gasteiger partial charge in [-0.1, -0.05) is 90.6 Å². The summed E-state index contributed by atoms with van der Waals surface area (Å²) in [6, 6.07) is 9.68. The van der Waals surface area contributed by atoms with Crippen molar-refractivity contribution in [2.45, 2.75) is 114 Å². The highest BCUT2D eigenvalue weighted by Crippen LogP contribution is 2.65. The van der Waals surface area contributed by atoms with Crippen molar-refractivity contribution in [2.75, 3.05) is 4.90 Å². The molecule has 1 spiro atoms. The number of nitrogens with zero attached hydrogens (tertiary/aromatic N) is 1. The van der Waals surface area contributed by atoms with Gasteiger partial charge in [-0.3, -0.25) is 0 Å². The molecule has 1 aromatic carbocycles. The van der Waals surface area contributed by atoms with Crippen LogP contribution in [0.25, 0.3) is 0 Å². The molecule has 1 saturated heterocycles. The number of hydrogen-bond donors (Lipinski definition) is 0. The second-order valence-electron chi connectivity index (χ2n) is 17.2. The minimum absolute atomic E-state index is 0.163. The standard InChI is InChI=1S/C49H53NO2/c1-3-13-32(14-4-1)34-24-27-41-47(30-34)51-45-21-11-8-18-39(45)49(41)40-19-9-12-22-46(40)52-48-31-35(25-28-42(48)49)33-23-26-38-37-17-7-10-20-43(37)50(44(38)29-33)36-15-5-2-6-16-36/h2,5,7,10-11,13,15,17,19-21,23-28,33-35,38,42,44,46,48H,1,3-4,6,8-9,12,14,16,18,22,29-31H2. The number of benzene rings is 1. The Morgan fingerprint density at radius 3 is 2.62 bits per heavy atom. The molecule has 3 nitrogen and oxygen atoms in total. The van der Waals surface area contributed by atoms with E-state index in [2.05, 4.69) is 108 Å². The van der Waals surface area contributed by atoms with Crippen molar-refractivity contribution in [3.05, 3.63) is 148 Å². The SMILES string of the molecule is C1=CCCC(N2c3ccccc3C3C=CC(C4C=CC5C(C4)OC4CCCC=C4C54C5=C(CC(C6=CCCCC6)C=C5)OC5=C4CCC=C5)CC32)=C1. The van der Waals surface area contributed by atoms with Gasteiger partial charge in [-0.05, 0) is 130 Å². The van der Waals surface area contributed by atoms with Crippen LogP contribution in [-0.4, -0.2) is 18.2 Å². The lowest BCUT2D eigenvalue weighted by Crippen LogP contribution is -2.55. The Hall–Kier alpha value is -3.82. The van der Waals surface area contributed by atoms with Gasteiger partial charge in [0.2, 0.25) is 0 Å². The molecule has 7 aliphatic carbocycles. The number of fused-ring (bicyclic) bond motifs is 9.